The van der Waals surface area contributed by atoms with Crippen LogP contribution >= 0.6 is 0 Å². The Bertz CT molecular complexity index is 342. The third-order valence-electron chi connectivity index (χ3n) is 4.69. The normalized spacial score (nSPS) is 35.8. The average molecular weight is 254 g/mol. The lowest BCUT2D eigenvalue weighted by molar-refractivity contribution is -0.163. The summed E-state index contributed by atoms with van der Waals surface area (Å²) in [5.41, 5.74) is -1.01. The van der Waals surface area contributed by atoms with Crippen LogP contribution in [0.5, 0.6) is 0 Å². The Balaban J connectivity index is 2.35. The van der Waals surface area contributed by atoms with E-state index in [1.165, 1.54) is 4.90 Å². The van der Waals surface area contributed by atoms with Gasteiger partial charge in [0.2, 0.25) is 6.41 Å². The van der Waals surface area contributed by atoms with Crippen molar-refractivity contribution in [2.75, 3.05) is 7.05 Å². The Hall–Kier alpha value is -1.10. The monoisotopic (exact) mass is 254 g/mol. The number of hydrogen-bond donors (Lipinski definition) is 1. The van der Waals surface area contributed by atoms with E-state index in [1.807, 2.05) is 13.8 Å². The summed E-state index contributed by atoms with van der Waals surface area (Å²) in [5, 5.41) is 9.67. The van der Waals surface area contributed by atoms with Crippen molar-refractivity contribution in [3.63, 3.8) is 0 Å². The molecule has 2 unspecified atom stereocenters. The van der Waals surface area contributed by atoms with Gasteiger partial charge in [0.25, 0.3) is 0 Å². The Morgan fingerprint density at radius 2 is 1.89 bits per heavy atom. The zero-order valence-electron chi connectivity index (χ0n) is 11.3. The number of amides is 1. The van der Waals surface area contributed by atoms with Crippen LogP contribution in [0.4, 0.5) is 0 Å². The van der Waals surface area contributed by atoms with E-state index in [-0.39, 0.29) is 6.04 Å². The molecule has 0 aliphatic carbocycles. The summed E-state index contributed by atoms with van der Waals surface area (Å²) in [6.45, 7) is 3.75. The van der Waals surface area contributed by atoms with Crippen LogP contribution in [0.3, 0.4) is 0 Å². The molecule has 2 bridgehead atoms. The van der Waals surface area contributed by atoms with Crippen molar-refractivity contribution in [3.8, 4) is 0 Å². The average Bonchev–Trinajstić information content (AvgIpc) is 2.52. The second kappa shape index (κ2) is 4.53. The zero-order chi connectivity index (χ0) is 13.5. The Labute approximate surface area is 108 Å². The minimum Gasteiger partial charge on any atom is -0.479 e. The number of carbonyl (C=O) groups excluding carboxylic acids is 1. The largest absolute Gasteiger partial charge is 0.479 e. The first-order valence-electron chi connectivity index (χ1n) is 6.61. The molecule has 2 fully saturated rings. The predicted molar refractivity (Wildman–Crippen MR) is 67.2 cm³/mol. The molecule has 1 amide bonds. The van der Waals surface area contributed by atoms with Gasteiger partial charge in [-0.25, -0.2) is 4.79 Å². The molecule has 102 valence electrons. The summed E-state index contributed by atoms with van der Waals surface area (Å²) in [4.78, 5) is 26.9. The van der Waals surface area contributed by atoms with E-state index in [2.05, 4.69) is 11.9 Å². The quantitative estimate of drug-likeness (QED) is 0.758. The first-order chi connectivity index (χ1) is 8.42. The van der Waals surface area contributed by atoms with Crippen molar-refractivity contribution in [2.24, 2.45) is 0 Å². The first kappa shape index (κ1) is 13.3. The van der Waals surface area contributed by atoms with E-state index in [4.69, 9.17) is 0 Å². The van der Waals surface area contributed by atoms with Gasteiger partial charge in [0.15, 0.2) is 0 Å². The lowest BCUT2D eigenvalue weighted by Crippen LogP contribution is -2.63. The van der Waals surface area contributed by atoms with Gasteiger partial charge in [0.05, 0.1) is 0 Å². The molecule has 2 aliphatic heterocycles. The number of carbonyl (C=O) groups is 2. The molecule has 2 heterocycles. The van der Waals surface area contributed by atoms with Gasteiger partial charge in [-0.3, -0.25) is 4.79 Å². The number of piperidine rings is 1. The van der Waals surface area contributed by atoms with Crippen molar-refractivity contribution < 1.29 is 14.7 Å². The van der Waals surface area contributed by atoms with E-state index in [0.717, 1.165) is 12.8 Å². The van der Waals surface area contributed by atoms with Crippen LogP contribution in [-0.2, 0) is 9.59 Å². The number of carboxylic acid groups (broad SMARTS) is 1. The summed E-state index contributed by atoms with van der Waals surface area (Å²) in [5.74, 6) is -0.853. The van der Waals surface area contributed by atoms with Crippen molar-refractivity contribution in [1.29, 1.82) is 0 Å². The van der Waals surface area contributed by atoms with Gasteiger partial charge in [0, 0.05) is 18.1 Å². The lowest BCUT2D eigenvalue weighted by Gasteiger charge is -2.48. The summed E-state index contributed by atoms with van der Waals surface area (Å²) in [7, 11) is 2.06. The Morgan fingerprint density at radius 1 is 1.39 bits per heavy atom. The number of nitrogens with zero attached hydrogens (tertiary/aromatic N) is 2. The highest BCUT2D eigenvalue weighted by Crippen LogP contribution is 2.43. The molecule has 18 heavy (non-hydrogen) atoms. The first-order valence-corrected chi connectivity index (χ1v) is 6.61. The van der Waals surface area contributed by atoms with Crippen molar-refractivity contribution in [2.45, 2.75) is 63.2 Å². The molecule has 0 aromatic heterocycles. The van der Waals surface area contributed by atoms with Crippen molar-refractivity contribution in [3.05, 3.63) is 0 Å². The topological polar surface area (TPSA) is 60.9 Å². The third kappa shape index (κ3) is 1.81. The number of aliphatic carboxylic acids is 1. The maximum absolute atomic E-state index is 11.8. The van der Waals surface area contributed by atoms with Crippen LogP contribution in [0, 0.1) is 0 Å². The maximum atomic E-state index is 11.8. The highest BCUT2D eigenvalue weighted by Gasteiger charge is 2.54. The summed E-state index contributed by atoms with van der Waals surface area (Å²) >= 11 is 0. The molecule has 2 aliphatic rings. The highest BCUT2D eigenvalue weighted by atomic mass is 16.4. The fourth-order valence-corrected chi connectivity index (χ4v) is 3.66. The van der Waals surface area contributed by atoms with E-state index in [1.54, 1.807) is 0 Å². The Morgan fingerprint density at radius 3 is 2.22 bits per heavy atom. The molecule has 5 heteroatoms. The van der Waals surface area contributed by atoms with E-state index in [0.29, 0.717) is 31.3 Å². The molecule has 0 spiro atoms. The molecular formula is C13H22N2O3. The van der Waals surface area contributed by atoms with Gasteiger partial charge in [-0.2, -0.15) is 0 Å². The van der Waals surface area contributed by atoms with Crippen LogP contribution in [0.25, 0.3) is 0 Å². The second-order valence-corrected chi connectivity index (χ2v) is 5.90. The predicted octanol–water partition coefficient (Wildman–Crippen LogP) is 0.933. The fourth-order valence-electron chi connectivity index (χ4n) is 3.66. The number of carboxylic acids is 1. The third-order valence-corrected chi connectivity index (χ3v) is 4.69. The SMILES string of the molecule is CC(C)N(C=O)C1(C(=O)O)CC2CCC(C1)N2C. The molecule has 0 aromatic rings. The van der Waals surface area contributed by atoms with E-state index in [9.17, 15) is 14.7 Å². The minimum absolute atomic E-state index is 0.0820. The van der Waals surface area contributed by atoms with Crippen LogP contribution < -0.4 is 0 Å². The van der Waals surface area contributed by atoms with Gasteiger partial charge in [-0.15, -0.1) is 0 Å². The van der Waals surface area contributed by atoms with Gasteiger partial charge in [-0.1, -0.05) is 0 Å². The lowest BCUT2D eigenvalue weighted by atomic mass is 9.81. The molecule has 0 aromatic carbocycles. The van der Waals surface area contributed by atoms with Gasteiger partial charge in [0.1, 0.15) is 5.54 Å². The summed E-state index contributed by atoms with van der Waals surface area (Å²) < 4.78 is 0. The number of rotatable bonds is 4. The smallest absolute Gasteiger partial charge is 0.329 e. The molecule has 0 saturated carbocycles. The minimum atomic E-state index is -1.01. The molecule has 5 nitrogen and oxygen atoms in total. The van der Waals surface area contributed by atoms with E-state index < -0.39 is 11.5 Å². The second-order valence-electron chi connectivity index (χ2n) is 5.90. The number of fused-ring (bicyclic) bond motifs is 2. The summed E-state index contributed by atoms with van der Waals surface area (Å²) in [6, 6.07) is 0.503. The highest BCUT2D eigenvalue weighted by molar-refractivity contribution is 5.82. The van der Waals surface area contributed by atoms with Crippen LogP contribution in [-0.4, -0.2) is 58.0 Å². The van der Waals surface area contributed by atoms with Crippen molar-refractivity contribution >= 4 is 12.4 Å². The van der Waals surface area contributed by atoms with Crippen LogP contribution in [0.15, 0.2) is 0 Å². The van der Waals surface area contributed by atoms with Crippen molar-refractivity contribution in [1.82, 2.24) is 9.80 Å². The van der Waals surface area contributed by atoms with Crippen LogP contribution in [0.1, 0.15) is 39.5 Å². The number of hydrogen-bond acceptors (Lipinski definition) is 3. The molecule has 1 N–H and O–H groups in total. The van der Waals surface area contributed by atoms with Gasteiger partial charge in [-0.05, 0) is 46.6 Å². The van der Waals surface area contributed by atoms with E-state index >= 15 is 0 Å². The van der Waals surface area contributed by atoms with Gasteiger partial charge < -0.3 is 14.9 Å². The maximum Gasteiger partial charge on any atom is 0.329 e. The fraction of sp³-hybridized carbons (Fsp3) is 0.846. The van der Waals surface area contributed by atoms with Crippen LogP contribution in [0.2, 0.25) is 0 Å². The molecule has 2 rings (SSSR count). The standard InChI is InChI=1S/C13H22N2O3/c1-9(2)15(8-16)13(12(17)18)6-10-4-5-11(7-13)14(10)3/h8-11H,4-7H2,1-3H3,(H,17,18). The Kier molecular flexibility index (Phi) is 3.36. The zero-order valence-corrected chi connectivity index (χ0v) is 11.3. The molecule has 2 saturated heterocycles. The van der Waals surface area contributed by atoms with Gasteiger partial charge >= 0.3 is 5.97 Å². The summed E-state index contributed by atoms with van der Waals surface area (Å²) in [6.07, 6.45) is 3.89. The molecular weight excluding hydrogens is 232 g/mol. The molecule has 2 atom stereocenters. The molecule has 0 radical (unpaired) electrons.